The first kappa shape index (κ1) is 11.5. The Morgan fingerprint density at radius 2 is 2.06 bits per heavy atom. The van der Waals surface area contributed by atoms with Crippen LogP contribution in [0.25, 0.3) is 0 Å². The molecule has 5 heteroatoms. The van der Waals surface area contributed by atoms with Crippen LogP contribution in [-0.4, -0.2) is 16.1 Å². The summed E-state index contributed by atoms with van der Waals surface area (Å²) < 4.78 is 1.03. The van der Waals surface area contributed by atoms with Gasteiger partial charge in [0.25, 0.3) is 0 Å². The largest absolute Gasteiger partial charge is 0.323 e. The molecule has 0 aliphatic heterocycles. The lowest BCUT2D eigenvalue weighted by Crippen LogP contribution is -2.27. The van der Waals surface area contributed by atoms with Gasteiger partial charge in [-0.1, -0.05) is 28.1 Å². The maximum absolute atomic E-state index is 12.3. The topological polar surface area (TPSA) is 57.8 Å². The Kier molecular flexibility index (Phi) is 2.70. The van der Waals surface area contributed by atoms with Crippen LogP contribution in [0.1, 0.15) is 18.4 Å². The van der Waals surface area contributed by atoms with Gasteiger partial charge in [-0.2, -0.15) is 5.10 Å². The number of halogens is 1. The SMILES string of the molecule is O=C(Nc1cn[nH]c1)C1(c2ccc(Br)cc2)CC1. The molecule has 0 radical (unpaired) electrons. The second-order valence-electron chi connectivity index (χ2n) is 4.53. The summed E-state index contributed by atoms with van der Waals surface area (Å²) in [6.07, 6.45) is 5.09. The van der Waals surface area contributed by atoms with Gasteiger partial charge >= 0.3 is 0 Å². The third-order valence-corrected chi connectivity index (χ3v) is 3.87. The third-order valence-electron chi connectivity index (χ3n) is 3.34. The molecule has 18 heavy (non-hydrogen) atoms. The van der Waals surface area contributed by atoms with Crippen LogP contribution in [-0.2, 0) is 10.2 Å². The van der Waals surface area contributed by atoms with Gasteiger partial charge in [0.1, 0.15) is 0 Å². The number of rotatable bonds is 3. The molecule has 1 aromatic heterocycles. The first-order valence-corrected chi connectivity index (χ1v) is 6.56. The number of carbonyl (C=O) groups is 1. The lowest BCUT2D eigenvalue weighted by Gasteiger charge is -2.15. The second-order valence-corrected chi connectivity index (χ2v) is 5.45. The van der Waals surface area contributed by atoms with E-state index in [0.717, 1.165) is 22.9 Å². The Bertz CT molecular complexity index is 558. The van der Waals surface area contributed by atoms with E-state index >= 15 is 0 Å². The molecule has 1 amide bonds. The van der Waals surface area contributed by atoms with Crippen LogP contribution in [0.15, 0.2) is 41.1 Å². The summed E-state index contributed by atoms with van der Waals surface area (Å²) in [6, 6.07) is 7.96. The fourth-order valence-corrected chi connectivity index (χ4v) is 2.38. The molecule has 2 aromatic rings. The van der Waals surface area contributed by atoms with Crippen LogP contribution in [0.2, 0.25) is 0 Å². The fourth-order valence-electron chi connectivity index (χ4n) is 2.11. The molecule has 0 spiro atoms. The number of hydrogen-bond acceptors (Lipinski definition) is 2. The number of aromatic amines is 1. The highest BCUT2D eigenvalue weighted by Crippen LogP contribution is 2.49. The number of H-pyrrole nitrogens is 1. The van der Waals surface area contributed by atoms with Gasteiger partial charge < -0.3 is 5.32 Å². The van der Waals surface area contributed by atoms with Gasteiger partial charge in [-0.15, -0.1) is 0 Å². The molecule has 1 heterocycles. The van der Waals surface area contributed by atoms with E-state index < -0.39 is 0 Å². The predicted octanol–water partition coefficient (Wildman–Crippen LogP) is 2.84. The van der Waals surface area contributed by atoms with Crippen LogP contribution in [0.3, 0.4) is 0 Å². The average Bonchev–Trinajstić information content (AvgIpc) is 3.03. The van der Waals surface area contributed by atoms with Crippen LogP contribution in [0.4, 0.5) is 5.69 Å². The van der Waals surface area contributed by atoms with E-state index in [9.17, 15) is 4.79 Å². The van der Waals surface area contributed by atoms with Gasteiger partial charge in [0, 0.05) is 10.7 Å². The van der Waals surface area contributed by atoms with Crippen molar-refractivity contribution in [3.8, 4) is 0 Å². The summed E-state index contributed by atoms with van der Waals surface area (Å²) in [5, 5.41) is 9.39. The molecule has 2 N–H and O–H groups in total. The molecule has 0 atom stereocenters. The smallest absolute Gasteiger partial charge is 0.235 e. The third kappa shape index (κ3) is 1.95. The highest BCUT2D eigenvalue weighted by Gasteiger charge is 2.51. The van der Waals surface area contributed by atoms with E-state index in [4.69, 9.17) is 0 Å². The van der Waals surface area contributed by atoms with Crippen molar-refractivity contribution in [2.45, 2.75) is 18.3 Å². The lowest BCUT2D eigenvalue weighted by atomic mass is 9.95. The quantitative estimate of drug-likeness (QED) is 0.916. The number of carbonyl (C=O) groups excluding carboxylic acids is 1. The minimum Gasteiger partial charge on any atom is -0.323 e. The molecule has 0 bridgehead atoms. The zero-order valence-corrected chi connectivity index (χ0v) is 11.2. The standard InChI is InChI=1S/C13H12BrN3O/c14-10-3-1-9(2-4-10)13(5-6-13)12(18)17-11-7-15-16-8-11/h1-4,7-8H,5-6H2,(H,15,16)(H,17,18). The molecule has 0 saturated heterocycles. The molecule has 1 fully saturated rings. The Morgan fingerprint density at radius 3 is 2.61 bits per heavy atom. The Hall–Kier alpha value is -1.62. The molecule has 1 aromatic carbocycles. The van der Waals surface area contributed by atoms with Crippen molar-refractivity contribution >= 4 is 27.5 Å². The van der Waals surface area contributed by atoms with Crippen LogP contribution >= 0.6 is 15.9 Å². The highest BCUT2D eigenvalue weighted by molar-refractivity contribution is 9.10. The van der Waals surface area contributed by atoms with Crippen LogP contribution in [0, 0.1) is 0 Å². The Balaban J connectivity index is 1.82. The number of nitrogens with zero attached hydrogens (tertiary/aromatic N) is 1. The predicted molar refractivity (Wildman–Crippen MR) is 72.3 cm³/mol. The molecule has 3 rings (SSSR count). The van der Waals surface area contributed by atoms with Crippen LogP contribution in [0.5, 0.6) is 0 Å². The average molecular weight is 306 g/mol. The lowest BCUT2D eigenvalue weighted by molar-refractivity contribution is -0.118. The minimum atomic E-state index is -0.349. The van der Waals surface area contributed by atoms with Gasteiger partial charge in [0.05, 0.1) is 17.3 Å². The number of benzene rings is 1. The van der Waals surface area contributed by atoms with Crippen molar-refractivity contribution in [1.82, 2.24) is 10.2 Å². The van der Waals surface area contributed by atoms with Crippen molar-refractivity contribution in [3.63, 3.8) is 0 Å². The van der Waals surface area contributed by atoms with E-state index in [1.165, 1.54) is 0 Å². The summed E-state index contributed by atoms with van der Waals surface area (Å²) in [6.45, 7) is 0. The Morgan fingerprint density at radius 1 is 1.33 bits per heavy atom. The molecule has 0 unspecified atom stereocenters. The maximum Gasteiger partial charge on any atom is 0.235 e. The zero-order valence-electron chi connectivity index (χ0n) is 9.61. The number of anilines is 1. The first-order valence-electron chi connectivity index (χ1n) is 5.77. The number of nitrogens with one attached hydrogen (secondary N) is 2. The van der Waals surface area contributed by atoms with Gasteiger partial charge in [0.15, 0.2) is 0 Å². The van der Waals surface area contributed by atoms with E-state index in [1.807, 2.05) is 24.3 Å². The molecular formula is C13H12BrN3O. The summed E-state index contributed by atoms with van der Waals surface area (Å²) in [7, 11) is 0. The summed E-state index contributed by atoms with van der Waals surface area (Å²) in [4.78, 5) is 12.3. The molecular weight excluding hydrogens is 294 g/mol. The second kappa shape index (κ2) is 4.24. The summed E-state index contributed by atoms with van der Waals surface area (Å²) in [5.41, 5.74) is 1.44. The van der Waals surface area contributed by atoms with Crippen molar-refractivity contribution in [2.75, 3.05) is 5.32 Å². The van der Waals surface area contributed by atoms with Crippen molar-refractivity contribution < 1.29 is 4.79 Å². The van der Waals surface area contributed by atoms with E-state index in [2.05, 4.69) is 31.4 Å². The maximum atomic E-state index is 12.3. The fraction of sp³-hybridized carbons (Fsp3) is 0.231. The van der Waals surface area contributed by atoms with Crippen LogP contribution < -0.4 is 5.32 Å². The van der Waals surface area contributed by atoms with Gasteiger partial charge in [0.2, 0.25) is 5.91 Å². The van der Waals surface area contributed by atoms with Crippen molar-refractivity contribution in [1.29, 1.82) is 0 Å². The van der Waals surface area contributed by atoms with Crippen molar-refractivity contribution in [2.24, 2.45) is 0 Å². The van der Waals surface area contributed by atoms with Gasteiger partial charge in [-0.3, -0.25) is 9.89 Å². The van der Waals surface area contributed by atoms with E-state index in [0.29, 0.717) is 5.69 Å². The monoisotopic (exact) mass is 305 g/mol. The summed E-state index contributed by atoms with van der Waals surface area (Å²) in [5.74, 6) is 0.0474. The zero-order chi connectivity index (χ0) is 12.6. The van der Waals surface area contributed by atoms with Crippen molar-refractivity contribution in [3.05, 3.63) is 46.7 Å². The molecule has 1 saturated carbocycles. The first-order chi connectivity index (χ1) is 8.71. The number of amides is 1. The number of aromatic nitrogens is 2. The molecule has 1 aliphatic rings. The molecule has 1 aliphatic carbocycles. The van der Waals surface area contributed by atoms with Gasteiger partial charge in [-0.05, 0) is 30.5 Å². The summed E-state index contributed by atoms with van der Waals surface area (Å²) >= 11 is 3.41. The number of hydrogen-bond donors (Lipinski definition) is 2. The normalized spacial score (nSPS) is 16.3. The minimum absolute atomic E-state index is 0.0474. The highest BCUT2D eigenvalue weighted by atomic mass is 79.9. The molecule has 92 valence electrons. The van der Waals surface area contributed by atoms with Gasteiger partial charge in [-0.25, -0.2) is 0 Å². The van der Waals surface area contributed by atoms with E-state index in [1.54, 1.807) is 12.4 Å². The van der Waals surface area contributed by atoms with E-state index in [-0.39, 0.29) is 11.3 Å². The Labute approximate surface area is 113 Å². The molecule has 4 nitrogen and oxygen atoms in total.